The highest BCUT2D eigenvalue weighted by Crippen LogP contribution is 2.30. The van der Waals surface area contributed by atoms with Crippen molar-refractivity contribution in [2.45, 2.75) is 6.92 Å². The van der Waals surface area contributed by atoms with Crippen molar-refractivity contribution in [1.82, 2.24) is 0 Å². The van der Waals surface area contributed by atoms with E-state index in [0.717, 1.165) is 0 Å². The van der Waals surface area contributed by atoms with Crippen molar-refractivity contribution in [3.63, 3.8) is 0 Å². The predicted molar refractivity (Wildman–Crippen MR) is 86.8 cm³/mol. The summed E-state index contributed by atoms with van der Waals surface area (Å²) in [6.07, 6.45) is 0. The lowest BCUT2D eigenvalue weighted by Crippen LogP contribution is -2.10. The van der Waals surface area contributed by atoms with Gasteiger partial charge in [-0.25, -0.2) is 4.79 Å². The van der Waals surface area contributed by atoms with Gasteiger partial charge in [0.1, 0.15) is 11.5 Å². The predicted octanol–water partition coefficient (Wildman–Crippen LogP) is 3.19. The maximum Gasteiger partial charge on any atom is 0.343 e. The van der Waals surface area contributed by atoms with Crippen molar-refractivity contribution in [1.29, 1.82) is 5.26 Å². The zero-order chi connectivity index (χ0) is 17.5. The van der Waals surface area contributed by atoms with Crippen LogP contribution in [-0.2, 0) is 0 Å². The van der Waals surface area contributed by atoms with Gasteiger partial charge in [0.25, 0.3) is 0 Å². The quantitative estimate of drug-likeness (QED) is 0.599. The second-order valence-corrected chi connectivity index (χ2v) is 4.70. The first-order valence-electron chi connectivity index (χ1n) is 7.23. The molecule has 2 rings (SSSR count). The van der Waals surface area contributed by atoms with E-state index in [-0.39, 0.29) is 11.3 Å². The number of carbonyl (C=O) groups excluding carboxylic acids is 1. The summed E-state index contributed by atoms with van der Waals surface area (Å²) in [7, 11) is 3.00. The Hall–Kier alpha value is -3.20. The fraction of sp³-hybridized carbons (Fsp3) is 0.222. The Bertz CT molecular complexity index is 757. The fourth-order valence-electron chi connectivity index (χ4n) is 2.01. The van der Waals surface area contributed by atoms with E-state index >= 15 is 0 Å². The van der Waals surface area contributed by atoms with Crippen LogP contribution in [0.5, 0.6) is 23.0 Å². The lowest BCUT2D eigenvalue weighted by Gasteiger charge is -2.12. The lowest BCUT2D eigenvalue weighted by molar-refractivity contribution is 0.0727. The number of hydrogen-bond acceptors (Lipinski definition) is 6. The Morgan fingerprint density at radius 1 is 1.04 bits per heavy atom. The van der Waals surface area contributed by atoms with Crippen molar-refractivity contribution in [2.75, 3.05) is 20.8 Å². The van der Waals surface area contributed by atoms with Gasteiger partial charge in [0, 0.05) is 12.1 Å². The molecule has 0 radical (unpaired) electrons. The largest absolute Gasteiger partial charge is 0.497 e. The highest BCUT2D eigenvalue weighted by Gasteiger charge is 2.15. The van der Waals surface area contributed by atoms with Crippen LogP contribution in [0, 0.1) is 11.3 Å². The molecule has 0 atom stereocenters. The van der Waals surface area contributed by atoms with E-state index in [1.54, 1.807) is 31.2 Å². The average molecular weight is 327 g/mol. The lowest BCUT2D eigenvalue weighted by atomic mass is 10.2. The summed E-state index contributed by atoms with van der Waals surface area (Å²) in [6.45, 7) is 2.18. The normalized spacial score (nSPS) is 9.75. The highest BCUT2D eigenvalue weighted by molar-refractivity contribution is 5.92. The summed E-state index contributed by atoms with van der Waals surface area (Å²) in [5.74, 6) is 0.942. The van der Waals surface area contributed by atoms with Gasteiger partial charge in [0.2, 0.25) is 0 Å². The summed E-state index contributed by atoms with van der Waals surface area (Å²) >= 11 is 0. The molecule has 0 saturated heterocycles. The second kappa shape index (κ2) is 7.88. The van der Waals surface area contributed by atoms with Crippen molar-refractivity contribution in [3.05, 3.63) is 47.5 Å². The second-order valence-electron chi connectivity index (χ2n) is 4.70. The van der Waals surface area contributed by atoms with E-state index in [2.05, 4.69) is 0 Å². The number of nitrogens with zero attached hydrogens (tertiary/aromatic N) is 1. The maximum absolute atomic E-state index is 12.4. The Balaban J connectivity index is 2.31. The number of rotatable bonds is 6. The molecule has 2 aromatic rings. The van der Waals surface area contributed by atoms with Gasteiger partial charge in [-0.15, -0.1) is 0 Å². The van der Waals surface area contributed by atoms with E-state index in [1.165, 1.54) is 26.4 Å². The van der Waals surface area contributed by atoms with Crippen LogP contribution in [0.2, 0.25) is 0 Å². The molecule has 6 nitrogen and oxygen atoms in total. The van der Waals surface area contributed by atoms with Gasteiger partial charge in [0.05, 0.1) is 38.0 Å². The molecule has 0 saturated carbocycles. The van der Waals surface area contributed by atoms with Gasteiger partial charge in [0.15, 0.2) is 11.5 Å². The molecule has 0 aliphatic carbocycles. The van der Waals surface area contributed by atoms with Gasteiger partial charge in [-0.05, 0) is 31.2 Å². The minimum Gasteiger partial charge on any atom is -0.497 e. The molecule has 0 bridgehead atoms. The molecular weight excluding hydrogens is 310 g/mol. The number of nitriles is 1. The third-order valence-corrected chi connectivity index (χ3v) is 3.16. The molecule has 0 aliphatic heterocycles. The minimum atomic E-state index is -0.585. The Morgan fingerprint density at radius 2 is 1.71 bits per heavy atom. The molecule has 0 amide bonds. The first kappa shape index (κ1) is 17.2. The molecule has 0 fully saturated rings. The Kier molecular flexibility index (Phi) is 5.63. The smallest absolute Gasteiger partial charge is 0.343 e. The van der Waals surface area contributed by atoms with Gasteiger partial charge in [-0.3, -0.25) is 0 Å². The summed E-state index contributed by atoms with van der Waals surface area (Å²) < 4.78 is 21.1. The Morgan fingerprint density at radius 3 is 2.25 bits per heavy atom. The van der Waals surface area contributed by atoms with E-state index < -0.39 is 5.97 Å². The molecule has 0 aromatic heterocycles. The van der Waals surface area contributed by atoms with Crippen LogP contribution in [0.25, 0.3) is 0 Å². The molecule has 6 heteroatoms. The standard InChI is InChI=1S/C18H17NO5/c1-4-23-17-7-12(11-19)5-6-16(17)24-18(20)13-8-14(21-2)10-15(9-13)22-3/h5-10H,4H2,1-3H3. The average Bonchev–Trinajstić information content (AvgIpc) is 2.62. The summed E-state index contributed by atoms with van der Waals surface area (Å²) in [5, 5.41) is 8.96. The molecule has 0 aliphatic rings. The van der Waals surface area contributed by atoms with Crippen LogP contribution in [-0.4, -0.2) is 26.8 Å². The molecule has 2 aromatic carbocycles. The number of esters is 1. The van der Waals surface area contributed by atoms with Gasteiger partial charge in [-0.2, -0.15) is 5.26 Å². The zero-order valence-electron chi connectivity index (χ0n) is 13.7. The zero-order valence-corrected chi connectivity index (χ0v) is 13.7. The van der Waals surface area contributed by atoms with Gasteiger partial charge in [-0.1, -0.05) is 0 Å². The van der Waals surface area contributed by atoms with Crippen molar-refractivity contribution >= 4 is 5.97 Å². The van der Waals surface area contributed by atoms with Crippen molar-refractivity contribution < 1.29 is 23.7 Å². The number of carbonyl (C=O) groups is 1. The van der Waals surface area contributed by atoms with Crippen LogP contribution >= 0.6 is 0 Å². The molecule has 124 valence electrons. The van der Waals surface area contributed by atoms with Crippen LogP contribution in [0.4, 0.5) is 0 Å². The molecule has 0 N–H and O–H groups in total. The molecule has 0 heterocycles. The first-order chi connectivity index (χ1) is 11.6. The van der Waals surface area contributed by atoms with Crippen LogP contribution in [0.15, 0.2) is 36.4 Å². The number of hydrogen-bond donors (Lipinski definition) is 0. The van der Waals surface area contributed by atoms with Crippen LogP contribution < -0.4 is 18.9 Å². The number of benzene rings is 2. The van der Waals surface area contributed by atoms with Crippen molar-refractivity contribution in [2.24, 2.45) is 0 Å². The van der Waals surface area contributed by atoms with E-state index in [0.29, 0.717) is 29.4 Å². The molecule has 24 heavy (non-hydrogen) atoms. The Labute approximate surface area is 140 Å². The monoisotopic (exact) mass is 327 g/mol. The molecular formula is C18H17NO5. The fourth-order valence-corrected chi connectivity index (χ4v) is 2.01. The summed E-state index contributed by atoms with van der Waals surface area (Å²) in [4.78, 5) is 12.4. The van der Waals surface area contributed by atoms with E-state index in [1.807, 2.05) is 6.07 Å². The van der Waals surface area contributed by atoms with Crippen LogP contribution in [0.3, 0.4) is 0 Å². The highest BCUT2D eigenvalue weighted by atomic mass is 16.6. The van der Waals surface area contributed by atoms with Gasteiger partial charge < -0.3 is 18.9 Å². The third kappa shape index (κ3) is 3.96. The maximum atomic E-state index is 12.4. The molecule has 0 spiro atoms. The van der Waals surface area contributed by atoms with E-state index in [4.69, 9.17) is 24.2 Å². The summed E-state index contributed by atoms with van der Waals surface area (Å²) in [5.41, 5.74) is 0.694. The SMILES string of the molecule is CCOc1cc(C#N)ccc1OC(=O)c1cc(OC)cc(OC)c1. The minimum absolute atomic E-state index is 0.239. The third-order valence-electron chi connectivity index (χ3n) is 3.16. The van der Waals surface area contributed by atoms with Crippen molar-refractivity contribution in [3.8, 4) is 29.1 Å². The van der Waals surface area contributed by atoms with Gasteiger partial charge >= 0.3 is 5.97 Å². The van der Waals surface area contributed by atoms with Crippen LogP contribution in [0.1, 0.15) is 22.8 Å². The first-order valence-corrected chi connectivity index (χ1v) is 7.23. The topological polar surface area (TPSA) is 77.8 Å². The number of ether oxygens (including phenoxy) is 4. The van der Waals surface area contributed by atoms with E-state index in [9.17, 15) is 4.79 Å². The summed E-state index contributed by atoms with van der Waals surface area (Å²) in [6, 6.07) is 11.4. The number of methoxy groups -OCH3 is 2. The molecule has 0 unspecified atom stereocenters.